The summed E-state index contributed by atoms with van der Waals surface area (Å²) in [5.74, 6) is 0.747. The maximum Gasteiger partial charge on any atom is 0.338 e. The Hall–Kier alpha value is -3.16. The quantitative estimate of drug-likeness (QED) is 0.330. The van der Waals surface area contributed by atoms with E-state index in [9.17, 15) is 9.59 Å². The van der Waals surface area contributed by atoms with Crippen LogP contribution in [0.5, 0.6) is 11.5 Å². The minimum Gasteiger partial charge on any atom is -0.497 e. The molecule has 0 heterocycles. The van der Waals surface area contributed by atoms with Gasteiger partial charge in [0.15, 0.2) is 6.61 Å². The van der Waals surface area contributed by atoms with Crippen molar-refractivity contribution in [3.63, 3.8) is 0 Å². The Kier molecular flexibility index (Phi) is 8.41. The van der Waals surface area contributed by atoms with Crippen LogP contribution in [0.3, 0.4) is 0 Å². The van der Waals surface area contributed by atoms with Gasteiger partial charge in [0.2, 0.25) is 0 Å². The second-order valence-electron chi connectivity index (χ2n) is 6.63. The first-order valence-electron chi connectivity index (χ1n) is 9.65. The number of anilines is 1. The number of ether oxygens (including phenoxy) is 3. The van der Waals surface area contributed by atoms with Gasteiger partial charge in [0.05, 0.1) is 25.5 Å². The third kappa shape index (κ3) is 6.67. The average molecular weight is 472 g/mol. The molecule has 32 heavy (non-hydrogen) atoms. The van der Waals surface area contributed by atoms with Crippen molar-refractivity contribution in [2.24, 2.45) is 0 Å². The second-order valence-corrected chi connectivity index (χ2v) is 8.12. The standard InChI is InChI=1S/C24H22ClNO5S/c1-29-19-9-12-21(22(13-19)30-2)26-23(27)14-31-24(28)17-5-3-16(4-6-17)15-32-20-10-7-18(25)8-11-20/h3-13H,14-15H2,1-2H3,(H,26,27). The predicted molar refractivity (Wildman–Crippen MR) is 126 cm³/mol. The van der Waals surface area contributed by atoms with E-state index in [-0.39, 0.29) is 0 Å². The molecule has 166 valence electrons. The van der Waals surface area contributed by atoms with Gasteiger partial charge in [0, 0.05) is 21.7 Å². The Morgan fingerprint density at radius 3 is 2.31 bits per heavy atom. The number of methoxy groups -OCH3 is 2. The monoisotopic (exact) mass is 471 g/mol. The molecule has 0 spiro atoms. The van der Waals surface area contributed by atoms with Gasteiger partial charge in [-0.1, -0.05) is 23.7 Å². The summed E-state index contributed by atoms with van der Waals surface area (Å²) >= 11 is 7.57. The van der Waals surface area contributed by atoms with E-state index in [1.165, 1.54) is 14.2 Å². The topological polar surface area (TPSA) is 73.9 Å². The molecule has 0 aliphatic carbocycles. The van der Waals surface area contributed by atoms with E-state index >= 15 is 0 Å². The molecule has 0 unspecified atom stereocenters. The Labute approximate surface area is 195 Å². The lowest BCUT2D eigenvalue weighted by Gasteiger charge is -2.12. The Bertz CT molecular complexity index is 1070. The molecule has 0 saturated carbocycles. The number of rotatable bonds is 9. The Morgan fingerprint density at radius 1 is 0.938 bits per heavy atom. The van der Waals surface area contributed by atoms with E-state index in [2.05, 4.69) is 5.32 Å². The number of carbonyl (C=O) groups excluding carboxylic acids is 2. The fraction of sp³-hybridized carbons (Fsp3) is 0.167. The number of amides is 1. The molecule has 3 rings (SSSR count). The highest BCUT2D eigenvalue weighted by Crippen LogP contribution is 2.29. The van der Waals surface area contributed by atoms with Crippen LogP contribution in [0.15, 0.2) is 71.6 Å². The van der Waals surface area contributed by atoms with Crippen molar-refractivity contribution in [3.05, 3.63) is 82.9 Å². The van der Waals surface area contributed by atoms with Crippen molar-refractivity contribution in [2.45, 2.75) is 10.6 Å². The van der Waals surface area contributed by atoms with E-state index in [1.807, 2.05) is 36.4 Å². The molecule has 0 radical (unpaired) electrons. The van der Waals surface area contributed by atoms with Crippen molar-refractivity contribution < 1.29 is 23.8 Å². The van der Waals surface area contributed by atoms with Gasteiger partial charge in [-0.25, -0.2) is 4.79 Å². The number of halogens is 1. The molecule has 0 fully saturated rings. The highest BCUT2D eigenvalue weighted by atomic mass is 35.5. The normalized spacial score (nSPS) is 10.3. The zero-order valence-corrected chi connectivity index (χ0v) is 19.2. The molecule has 0 bridgehead atoms. The number of benzene rings is 3. The smallest absolute Gasteiger partial charge is 0.338 e. The summed E-state index contributed by atoms with van der Waals surface area (Å²) < 4.78 is 15.5. The first-order chi connectivity index (χ1) is 15.5. The molecule has 3 aromatic rings. The third-order valence-corrected chi connectivity index (χ3v) is 5.76. The van der Waals surface area contributed by atoms with Gasteiger partial charge in [-0.2, -0.15) is 0 Å². The van der Waals surface area contributed by atoms with Gasteiger partial charge in [-0.3, -0.25) is 4.79 Å². The molecule has 6 nitrogen and oxygen atoms in total. The largest absolute Gasteiger partial charge is 0.497 e. The van der Waals surface area contributed by atoms with Crippen LogP contribution in [0.25, 0.3) is 0 Å². The summed E-state index contributed by atoms with van der Waals surface area (Å²) in [6.45, 7) is -0.414. The number of thioether (sulfide) groups is 1. The van der Waals surface area contributed by atoms with Crippen LogP contribution < -0.4 is 14.8 Å². The summed E-state index contributed by atoms with van der Waals surface area (Å²) in [6, 6.07) is 19.7. The molecule has 1 N–H and O–H groups in total. The summed E-state index contributed by atoms with van der Waals surface area (Å²) in [6.07, 6.45) is 0. The number of esters is 1. The van der Waals surface area contributed by atoms with Crippen molar-refractivity contribution >= 4 is 40.9 Å². The van der Waals surface area contributed by atoms with Crippen LogP contribution in [-0.4, -0.2) is 32.7 Å². The average Bonchev–Trinajstić information content (AvgIpc) is 2.82. The third-order valence-electron chi connectivity index (χ3n) is 4.43. The highest BCUT2D eigenvalue weighted by molar-refractivity contribution is 7.98. The molecule has 0 atom stereocenters. The minimum absolute atomic E-state index is 0.375. The van der Waals surface area contributed by atoms with Gasteiger partial charge in [0.25, 0.3) is 5.91 Å². The van der Waals surface area contributed by atoms with Gasteiger partial charge >= 0.3 is 5.97 Å². The van der Waals surface area contributed by atoms with Crippen LogP contribution in [-0.2, 0) is 15.3 Å². The zero-order valence-electron chi connectivity index (χ0n) is 17.6. The minimum atomic E-state index is -0.571. The molecule has 1 amide bonds. The van der Waals surface area contributed by atoms with Crippen LogP contribution in [0.2, 0.25) is 5.02 Å². The Morgan fingerprint density at radius 2 is 1.66 bits per heavy atom. The maximum atomic E-state index is 12.3. The molecular formula is C24H22ClNO5S. The molecular weight excluding hydrogens is 450 g/mol. The SMILES string of the molecule is COc1ccc(NC(=O)COC(=O)c2ccc(CSc3ccc(Cl)cc3)cc2)c(OC)c1. The van der Waals surface area contributed by atoms with Gasteiger partial charge < -0.3 is 19.5 Å². The van der Waals surface area contributed by atoms with E-state index in [0.29, 0.717) is 27.8 Å². The first-order valence-corrected chi connectivity index (χ1v) is 11.0. The molecule has 3 aromatic carbocycles. The molecule has 0 aliphatic rings. The first kappa shape index (κ1) is 23.5. The lowest BCUT2D eigenvalue weighted by Crippen LogP contribution is -2.21. The highest BCUT2D eigenvalue weighted by Gasteiger charge is 2.13. The summed E-state index contributed by atoms with van der Waals surface area (Å²) in [7, 11) is 3.03. The Balaban J connectivity index is 1.49. The summed E-state index contributed by atoms with van der Waals surface area (Å²) in [4.78, 5) is 25.6. The van der Waals surface area contributed by atoms with Gasteiger partial charge in [-0.05, 0) is 54.1 Å². The fourth-order valence-corrected chi connectivity index (χ4v) is 3.72. The van der Waals surface area contributed by atoms with E-state index < -0.39 is 18.5 Å². The summed E-state index contributed by atoms with van der Waals surface area (Å²) in [5, 5.41) is 3.36. The van der Waals surface area contributed by atoms with Gasteiger partial charge in [-0.15, -0.1) is 11.8 Å². The fourth-order valence-electron chi connectivity index (χ4n) is 2.74. The van der Waals surface area contributed by atoms with Crippen molar-refractivity contribution in [3.8, 4) is 11.5 Å². The summed E-state index contributed by atoms with van der Waals surface area (Å²) in [5.41, 5.74) is 1.89. The number of carbonyl (C=O) groups is 2. The lowest BCUT2D eigenvalue weighted by molar-refractivity contribution is -0.119. The van der Waals surface area contributed by atoms with Crippen LogP contribution in [0.1, 0.15) is 15.9 Å². The van der Waals surface area contributed by atoms with E-state index in [0.717, 1.165) is 16.2 Å². The van der Waals surface area contributed by atoms with Crippen molar-refractivity contribution in [1.29, 1.82) is 0 Å². The molecule has 0 aromatic heterocycles. The number of hydrogen-bond acceptors (Lipinski definition) is 6. The molecule has 0 aliphatic heterocycles. The molecule has 8 heteroatoms. The predicted octanol–water partition coefficient (Wildman–Crippen LogP) is 5.45. The number of nitrogens with one attached hydrogen (secondary N) is 1. The van der Waals surface area contributed by atoms with E-state index in [1.54, 1.807) is 42.1 Å². The van der Waals surface area contributed by atoms with Crippen LogP contribution in [0, 0.1) is 0 Å². The van der Waals surface area contributed by atoms with Crippen molar-refractivity contribution in [1.82, 2.24) is 0 Å². The second kappa shape index (κ2) is 11.5. The van der Waals surface area contributed by atoms with E-state index in [4.69, 9.17) is 25.8 Å². The lowest BCUT2D eigenvalue weighted by atomic mass is 10.1. The van der Waals surface area contributed by atoms with Crippen molar-refractivity contribution in [2.75, 3.05) is 26.1 Å². The zero-order chi connectivity index (χ0) is 22.9. The maximum absolute atomic E-state index is 12.3. The van der Waals surface area contributed by atoms with Gasteiger partial charge in [0.1, 0.15) is 11.5 Å². The number of hydrogen-bond donors (Lipinski definition) is 1. The molecule has 0 saturated heterocycles. The van der Waals surface area contributed by atoms with Crippen LogP contribution in [0.4, 0.5) is 5.69 Å². The van der Waals surface area contributed by atoms with Crippen LogP contribution >= 0.6 is 23.4 Å².